The first-order valence-corrected chi connectivity index (χ1v) is 11.7. The Bertz CT molecular complexity index is 1370. The average molecular weight is 531 g/mol. The first-order chi connectivity index (χ1) is 18.1. The Morgan fingerprint density at radius 1 is 1.00 bits per heavy atom. The molecular formula is C26H25F3N4O5. The van der Waals surface area contributed by atoms with Crippen molar-refractivity contribution in [3.63, 3.8) is 0 Å². The zero-order chi connectivity index (χ0) is 27.4. The number of benzene rings is 2. The predicted octanol–water partition coefficient (Wildman–Crippen LogP) is 5.15. The molecule has 12 heteroatoms. The Morgan fingerprint density at radius 2 is 1.68 bits per heavy atom. The van der Waals surface area contributed by atoms with Gasteiger partial charge in [0, 0.05) is 24.2 Å². The van der Waals surface area contributed by atoms with E-state index in [4.69, 9.17) is 9.05 Å². The van der Waals surface area contributed by atoms with E-state index >= 15 is 0 Å². The van der Waals surface area contributed by atoms with Crippen molar-refractivity contribution in [1.29, 1.82) is 0 Å². The quantitative estimate of drug-likeness (QED) is 0.286. The molecule has 0 aliphatic rings. The summed E-state index contributed by atoms with van der Waals surface area (Å²) in [7, 11) is 1.73. The van der Waals surface area contributed by atoms with Crippen LogP contribution in [0.25, 0.3) is 34.3 Å². The van der Waals surface area contributed by atoms with Crippen LogP contribution in [0.1, 0.15) is 30.6 Å². The summed E-state index contributed by atoms with van der Waals surface area (Å²) in [4.78, 5) is 17.1. The van der Waals surface area contributed by atoms with Gasteiger partial charge in [-0.05, 0) is 19.0 Å². The number of aliphatic hydroxyl groups is 1. The molecule has 200 valence electrons. The van der Waals surface area contributed by atoms with Crippen LogP contribution in [0.3, 0.4) is 0 Å². The monoisotopic (exact) mass is 530 g/mol. The lowest BCUT2D eigenvalue weighted by atomic mass is 10.0. The molecule has 0 aliphatic heterocycles. The van der Waals surface area contributed by atoms with Crippen LogP contribution in [0.4, 0.5) is 13.2 Å². The second kappa shape index (κ2) is 11.2. The number of carboxylic acids is 1. The van der Waals surface area contributed by atoms with Crippen LogP contribution in [0.5, 0.6) is 0 Å². The number of carbonyl (C=O) groups is 1. The third-order valence-electron chi connectivity index (χ3n) is 6.05. The largest absolute Gasteiger partial charge is 0.481 e. The highest BCUT2D eigenvalue weighted by molar-refractivity contribution is 5.71. The first kappa shape index (κ1) is 27.0. The molecular weight excluding hydrogens is 505 g/mol. The fourth-order valence-electron chi connectivity index (χ4n) is 4.01. The molecule has 0 fully saturated rings. The number of nitrogens with zero attached hydrogens (tertiary/aromatic N) is 4. The van der Waals surface area contributed by atoms with Crippen LogP contribution in [0, 0.1) is 5.92 Å². The number of hydrogen-bond donors (Lipinski definition) is 2. The Morgan fingerprint density at radius 3 is 2.29 bits per heavy atom. The maximum atomic E-state index is 13.9. The van der Waals surface area contributed by atoms with Crippen molar-refractivity contribution in [2.24, 2.45) is 5.92 Å². The highest BCUT2D eigenvalue weighted by Crippen LogP contribution is 2.43. The molecule has 2 heterocycles. The number of likely N-dealkylation sites (N-methyl/N-ethyl adjacent to an activating group) is 1. The van der Waals surface area contributed by atoms with Crippen molar-refractivity contribution < 1.29 is 37.2 Å². The standard InChI is InChI=1S/C26H25F3N4O5/c1-3-15(25(35)36)13-33(2)14-19(34)16-9-11-18(12-10-16)23-30-24(38-32-23)21-20(26(27,28)29)22(37-31-21)17-7-5-4-6-8-17/h4-12,15,19,34H,3,13-14H2,1-2H3,(H,35,36). The van der Waals surface area contributed by atoms with Gasteiger partial charge in [-0.15, -0.1) is 0 Å². The Hall–Kier alpha value is -4.03. The van der Waals surface area contributed by atoms with Crippen molar-refractivity contribution in [3.05, 3.63) is 65.7 Å². The van der Waals surface area contributed by atoms with Crippen LogP contribution < -0.4 is 0 Å². The zero-order valence-electron chi connectivity index (χ0n) is 20.5. The number of halogens is 3. The van der Waals surface area contributed by atoms with Crippen molar-refractivity contribution in [2.45, 2.75) is 25.6 Å². The smallest absolute Gasteiger partial charge is 0.422 e. The van der Waals surface area contributed by atoms with Gasteiger partial charge in [0.05, 0.1) is 12.0 Å². The molecule has 2 unspecified atom stereocenters. The number of rotatable bonds is 10. The van der Waals surface area contributed by atoms with Crippen LogP contribution in [-0.4, -0.2) is 56.5 Å². The van der Waals surface area contributed by atoms with E-state index < -0.39 is 47.1 Å². The molecule has 0 spiro atoms. The van der Waals surface area contributed by atoms with Crippen molar-refractivity contribution >= 4 is 5.97 Å². The molecule has 0 radical (unpaired) electrons. The lowest BCUT2D eigenvalue weighted by molar-refractivity contribution is -0.142. The molecule has 2 aromatic carbocycles. The van der Waals surface area contributed by atoms with Crippen molar-refractivity contribution in [1.82, 2.24) is 20.2 Å². The highest BCUT2D eigenvalue weighted by atomic mass is 19.4. The fourth-order valence-corrected chi connectivity index (χ4v) is 4.01. The van der Waals surface area contributed by atoms with E-state index in [1.54, 1.807) is 61.3 Å². The molecule has 0 saturated heterocycles. The van der Waals surface area contributed by atoms with E-state index in [2.05, 4.69) is 15.3 Å². The first-order valence-electron chi connectivity index (χ1n) is 11.7. The minimum Gasteiger partial charge on any atom is -0.481 e. The Balaban J connectivity index is 1.52. The van der Waals surface area contributed by atoms with Crippen LogP contribution >= 0.6 is 0 Å². The summed E-state index contributed by atoms with van der Waals surface area (Å²) in [5.41, 5.74) is -0.518. The van der Waals surface area contributed by atoms with Gasteiger partial charge in [0.1, 0.15) is 5.56 Å². The van der Waals surface area contributed by atoms with Gasteiger partial charge in [-0.3, -0.25) is 4.79 Å². The number of carboxylic acid groups (broad SMARTS) is 1. The molecule has 0 aliphatic carbocycles. The summed E-state index contributed by atoms with van der Waals surface area (Å²) >= 11 is 0. The molecule has 0 bridgehead atoms. The minimum absolute atomic E-state index is 0.0304. The van der Waals surface area contributed by atoms with E-state index in [-0.39, 0.29) is 17.9 Å². The molecule has 2 atom stereocenters. The van der Waals surface area contributed by atoms with Gasteiger partial charge in [0.25, 0.3) is 5.89 Å². The predicted molar refractivity (Wildman–Crippen MR) is 130 cm³/mol. The normalized spacial score (nSPS) is 13.6. The van der Waals surface area contributed by atoms with E-state index in [0.717, 1.165) is 0 Å². The van der Waals surface area contributed by atoms with E-state index in [0.29, 0.717) is 24.1 Å². The average Bonchev–Trinajstić information content (AvgIpc) is 3.55. The summed E-state index contributed by atoms with van der Waals surface area (Å²) in [6.07, 6.45) is -5.20. The third-order valence-corrected chi connectivity index (χ3v) is 6.05. The van der Waals surface area contributed by atoms with Gasteiger partial charge in [-0.1, -0.05) is 71.8 Å². The second-order valence-electron chi connectivity index (χ2n) is 8.82. The Labute approximate surface area is 215 Å². The van der Waals surface area contributed by atoms with Gasteiger partial charge in [-0.2, -0.15) is 18.2 Å². The van der Waals surface area contributed by atoms with Gasteiger partial charge in [0.15, 0.2) is 11.5 Å². The molecule has 38 heavy (non-hydrogen) atoms. The number of hydrogen-bond acceptors (Lipinski definition) is 8. The summed E-state index contributed by atoms with van der Waals surface area (Å²) in [5.74, 6) is -2.30. The summed E-state index contributed by atoms with van der Waals surface area (Å²) in [6.45, 7) is 2.30. The third kappa shape index (κ3) is 5.92. The zero-order valence-corrected chi connectivity index (χ0v) is 20.5. The topological polar surface area (TPSA) is 126 Å². The van der Waals surface area contributed by atoms with Crippen molar-refractivity contribution in [3.8, 4) is 34.3 Å². The van der Waals surface area contributed by atoms with Gasteiger partial charge >= 0.3 is 12.1 Å². The van der Waals surface area contributed by atoms with Gasteiger partial charge < -0.3 is 24.2 Å². The van der Waals surface area contributed by atoms with E-state index in [1.807, 2.05) is 0 Å². The van der Waals surface area contributed by atoms with Crippen LogP contribution in [0.2, 0.25) is 0 Å². The summed E-state index contributed by atoms with van der Waals surface area (Å²) in [6, 6.07) is 14.2. The SMILES string of the molecule is CCC(CN(C)CC(O)c1ccc(-c2noc(-c3noc(-c4ccccc4)c3C(F)(F)F)n2)cc1)C(=O)O. The number of aromatic nitrogens is 3. The summed E-state index contributed by atoms with van der Waals surface area (Å²) < 4.78 is 51.9. The van der Waals surface area contributed by atoms with E-state index in [1.165, 1.54) is 12.1 Å². The maximum absolute atomic E-state index is 13.9. The minimum atomic E-state index is -4.79. The van der Waals surface area contributed by atoms with Crippen molar-refractivity contribution in [2.75, 3.05) is 20.1 Å². The lowest BCUT2D eigenvalue weighted by Crippen LogP contribution is -2.33. The Kier molecular flexibility index (Phi) is 7.93. The van der Waals surface area contributed by atoms with Crippen LogP contribution in [0.15, 0.2) is 63.6 Å². The molecule has 2 aromatic heterocycles. The molecule has 4 rings (SSSR count). The molecule has 0 amide bonds. The number of aliphatic carboxylic acids is 1. The van der Waals surface area contributed by atoms with Gasteiger partial charge in [0.2, 0.25) is 5.82 Å². The molecule has 0 saturated carbocycles. The maximum Gasteiger partial charge on any atom is 0.422 e. The van der Waals surface area contributed by atoms with Gasteiger partial charge in [-0.25, -0.2) is 0 Å². The van der Waals surface area contributed by atoms with Crippen LogP contribution in [-0.2, 0) is 11.0 Å². The second-order valence-corrected chi connectivity index (χ2v) is 8.82. The summed E-state index contributed by atoms with van der Waals surface area (Å²) in [5, 5.41) is 27.2. The molecule has 4 aromatic rings. The van der Waals surface area contributed by atoms with E-state index in [9.17, 15) is 28.2 Å². The lowest BCUT2D eigenvalue weighted by Gasteiger charge is -2.23. The number of alkyl halides is 3. The fraction of sp³-hybridized carbons (Fsp3) is 0.308. The highest BCUT2D eigenvalue weighted by Gasteiger charge is 2.42. The number of aliphatic hydroxyl groups excluding tert-OH is 1. The molecule has 2 N–H and O–H groups in total. The molecule has 9 nitrogen and oxygen atoms in total.